The number of nitrogen functional groups attached to an aromatic ring is 1. The molecule has 0 spiro atoms. The Labute approximate surface area is 153 Å². The van der Waals surface area contributed by atoms with Crippen LogP contribution in [0.2, 0.25) is 0 Å². The number of anilines is 1. The first-order valence-corrected chi connectivity index (χ1v) is 8.52. The van der Waals surface area contributed by atoms with Gasteiger partial charge in [0, 0.05) is 28.4 Å². The van der Waals surface area contributed by atoms with Gasteiger partial charge in [0.05, 0.1) is 12.8 Å². The van der Waals surface area contributed by atoms with E-state index in [1.165, 1.54) is 0 Å². The summed E-state index contributed by atoms with van der Waals surface area (Å²) in [5.41, 5.74) is 22.4. The van der Waals surface area contributed by atoms with Gasteiger partial charge in [-0.1, -0.05) is 29.8 Å². The van der Waals surface area contributed by atoms with Crippen molar-refractivity contribution in [1.82, 2.24) is 5.32 Å². The van der Waals surface area contributed by atoms with E-state index in [1.807, 2.05) is 37.3 Å². The summed E-state index contributed by atoms with van der Waals surface area (Å²) in [6.45, 7) is 2.00. The third-order valence-electron chi connectivity index (χ3n) is 4.49. The van der Waals surface area contributed by atoms with E-state index < -0.39 is 0 Å². The molecule has 2 aromatic carbocycles. The molecule has 0 aliphatic heterocycles. The lowest BCUT2D eigenvalue weighted by Crippen LogP contribution is -2.32. The fourth-order valence-electron chi connectivity index (χ4n) is 2.83. The second kappa shape index (κ2) is 7.00. The van der Waals surface area contributed by atoms with Gasteiger partial charge in [0.1, 0.15) is 11.4 Å². The number of carbonyl (C=O) groups is 1. The van der Waals surface area contributed by atoms with Crippen LogP contribution in [-0.4, -0.2) is 19.1 Å². The van der Waals surface area contributed by atoms with Crippen molar-refractivity contribution < 1.29 is 9.53 Å². The van der Waals surface area contributed by atoms with Gasteiger partial charge in [0.25, 0.3) is 5.91 Å². The van der Waals surface area contributed by atoms with Crippen LogP contribution in [0.15, 0.2) is 42.1 Å². The van der Waals surface area contributed by atoms with E-state index in [2.05, 4.69) is 5.32 Å². The number of amides is 1. The first kappa shape index (κ1) is 17.7. The van der Waals surface area contributed by atoms with Gasteiger partial charge < -0.3 is 27.3 Å². The molecule has 0 saturated heterocycles. The highest BCUT2D eigenvalue weighted by molar-refractivity contribution is 6.02. The average molecular weight is 352 g/mol. The summed E-state index contributed by atoms with van der Waals surface area (Å²) in [6.07, 6.45) is 1.95. The van der Waals surface area contributed by atoms with E-state index in [1.54, 1.807) is 13.2 Å². The molecule has 1 aliphatic rings. The van der Waals surface area contributed by atoms with Crippen LogP contribution in [0.5, 0.6) is 5.75 Å². The van der Waals surface area contributed by atoms with Gasteiger partial charge in [0.2, 0.25) is 0 Å². The zero-order valence-corrected chi connectivity index (χ0v) is 15.0. The summed E-state index contributed by atoms with van der Waals surface area (Å²) in [5.74, 6) is 0.351. The molecule has 3 rings (SSSR count). The number of nitrogens with two attached hydrogens (primary N) is 3. The molecule has 26 heavy (non-hydrogen) atoms. The van der Waals surface area contributed by atoms with Gasteiger partial charge in [-0.05, 0) is 31.9 Å². The highest BCUT2D eigenvalue weighted by atomic mass is 16.5. The number of benzene rings is 2. The van der Waals surface area contributed by atoms with Crippen LogP contribution in [0.1, 0.15) is 24.0 Å². The minimum Gasteiger partial charge on any atom is -0.496 e. The Morgan fingerprint density at radius 1 is 1.15 bits per heavy atom. The lowest BCUT2D eigenvalue weighted by Gasteiger charge is -2.16. The first-order valence-electron chi connectivity index (χ1n) is 8.52. The van der Waals surface area contributed by atoms with Gasteiger partial charge in [-0.25, -0.2) is 0 Å². The van der Waals surface area contributed by atoms with E-state index in [9.17, 15) is 4.79 Å². The molecule has 6 nitrogen and oxygen atoms in total. The van der Waals surface area contributed by atoms with Crippen molar-refractivity contribution in [3.05, 3.63) is 53.2 Å². The normalized spacial score (nSPS) is 14.5. The van der Waals surface area contributed by atoms with E-state index >= 15 is 0 Å². The molecule has 1 fully saturated rings. The summed E-state index contributed by atoms with van der Waals surface area (Å²) in [4.78, 5) is 12.2. The van der Waals surface area contributed by atoms with Crippen molar-refractivity contribution in [2.75, 3.05) is 12.8 Å². The quantitative estimate of drug-likeness (QED) is 0.486. The molecule has 1 saturated carbocycles. The molecule has 0 bridgehead atoms. The van der Waals surface area contributed by atoms with Gasteiger partial charge in [0.15, 0.2) is 0 Å². The average Bonchev–Trinajstić information content (AvgIpc) is 3.44. The van der Waals surface area contributed by atoms with Crippen molar-refractivity contribution in [1.29, 1.82) is 0 Å². The van der Waals surface area contributed by atoms with Crippen molar-refractivity contribution >= 4 is 17.3 Å². The molecular formula is C20H24N4O2. The van der Waals surface area contributed by atoms with Gasteiger partial charge in [-0.2, -0.15) is 0 Å². The number of hydrogen-bond donors (Lipinski definition) is 4. The SMILES string of the molecule is COc1ccc(C)cc1-c1cccc(/C(N)=C(\N)C(=O)NC2CC2)c1N. The molecule has 0 radical (unpaired) electrons. The Morgan fingerprint density at radius 3 is 2.54 bits per heavy atom. The highest BCUT2D eigenvalue weighted by Gasteiger charge is 2.25. The van der Waals surface area contributed by atoms with E-state index in [0.717, 1.165) is 29.5 Å². The smallest absolute Gasteiger partial charge is 0.269 e. The molecule has 0 heterocycles. The number of rotatable bonds is 5. The maximum atomic E-state index is 12.2. The number of hydrogen-bond acceptors (Lipinski definition) is 5. The summed E-state index contributed by atoms with van der Waals surface area (Å²) >= 11 is 0. The molecule has 7 N–H and O–H groups in total. The molecule has 0 atom stereocenters. The standard InChI is InChI=1S/C20H24N4O2/c1-11-6-9-16(26-2)15(10-11)13-4-3-5-14(17(13)21)18(22)19(23)20(25)24-12-7-8-12/h3-6,9-10,12H,7-8,21-23H2,1-2H3,(H,24,25)/b19-18+. The molecule has 2 aromatic rings. The van der Waals surface area contributed by atoms with Crippen LogP contribution in [0.4, 0.5) is 5.69 Å². The number of methoxy groups -OCH3 is 1. The fourth-order valence-corrected chi connectivity index (χ4v) is 2.83. The Balaban J connectivity index is 2.05. The Hall–Kier alpha value is -3.15. The third kappa shape index (κ3) is 3.44. The lowest BCUT2D eigenvalue weighted by molar-refractivity contribution is -0.117. The summed E-state index contributed by atoms with van der Waals surface area (Å²) in [5, 5.41) is 2.83. The largest absolute Gasteiger partial charge is 0.496 e. The van der Waals surface area contributed by atoms with E-state index in [-0.39, 0.29) is 23.3 Å². The molecule has 1 aliphatic carbocycles. The predicted molar refractivity (Wildman–Crippen MR) is 104 cm³/mol. The zero-order valence-electron chi connectivity index (χ0n) is 15.0. The summed E-state index contributed by atoms with van der Waals surface area (Å²) in [6, 6.07) is 11.6. The van der Waals surface area contributed by atoms with Crippen LogP contribution in [-0.2, 0) is 4.79 Å². The van der Waals surface area contributed by atoms with Crippen LogP contribution in [0.3, 0.4) is 0 Å². The predicted octanol–water partition coefficient (Wildman–Crippen LogP) is 2.12. The highest BCUT2D eigenvalue weighted by Crippen LogP contribution is 2.37. The minimum absolute atomic E-state index is 0.0167. The molecule has 0 aromatic heterocycles. The van der Waals surface area contributed by atoms with Crippen LogP contribution in [0.25, 0.3) is 16.8 Å². The number of aryl methyl sites for hydroxylation is 1. The van der Waals surface area contributed by atoms with Crippen molar-refractivity contribution in [3.63, 3.8) is 0 Å². The monoisotopic (exact) mass is 352 g/mol. The molecular weight excluding hydrogens is 328 g/mol. The maximum absolute atomic E-state index is 12.2. The second-order valence-electron chi connectivity index (χ2n) is 6.55. The summed E-state index contributed by atoms with van der Waals surface area (Å²) < 4.78 is 5.46. The third-order valence-corrected chi connectivity index (χ3v) is 4.49. The minimum atomic E-state index is -0.358. The Morgan fingerprint density at radius 2 is 1.88 bits per heavy atom. The van der Waals surface area contributed by atoms with Crippen molar-refractivity contribution in [3.8, 4) is 16.9 Å². The van der Waals surface area contributed by atoms with E-state index in [4.69, 9.17) is 21.9 Å². The van der Waals surface area contributed by atoms with Crippen molar-refractivity contribution in [2.24, 2.45) is 11.5 Å². The lowest BCUT2D eigenvalue weighted by atomic mass is 9.96. The second-order valence-corrected chi connectivity index (χ2v) is 6.55. The van der Waals surface area contributed by atoms with Crippen LogP contribution >= 0.6 is 0 Å². The molecule has 6 heteroatoms. The topological polar surface area (TPSA) is 116 Å². The summed E-state index contributed by atoms with van der Waals surface area (Å²) in [7, 11) is 1.61. The Bertz CT molecular complexity index is 885. The van der Waals surface area contributed by atoms with Crippen LogP contribution in [0, 0.1) is 6.92 Å². The van der Waals surface area contributed by atoms with Gasteiger partial charge >= 0.3 is 0 Å². The molecule has 1 amide bonds. The number of para-hydroxylation sites is 1. The molecule has 136 valence electrons. The van der Waals surface area contributed by atoms with Crippen LogP contribution < -0.4 is 27.3 Å². The van der Waals surface area contributed by atoms with Gasteiger partial charge in [-0.15, -0.1) is 0 Å². The maximum Gasteiger partial charge on any atom is 0.269 e. The number of ether oxygens (including phenoxy) is 1. The first-order chi connectivity index (χ1) is 12.4. The van der Waals surface area contributed by atoms with Crippen molar-refractivity contribution in [2.45, 2.75) is 25.8 Å². The van der Waals surface area contributed by atoms with Gasteiger partial charge in [-0.3, -0.25) is 4.79 Å². The zero-order chi connectivity index (χ0) is 18.8. The molecule has 0 unspecified atom stereocenters. The van der Waals surface area contributed by atoms with E-state index in [0.29, 0.717) is 17.0 Å². The Kier molecular flexibility index (Phi) is 4.75. The fraction of sp³-hybridized carbons (Fsp3) is 0.250. The number of nitrogens with one attached hydrogen (secondary N) is 1. The number of carbonyl (C=O) groups excluding carboxylic acids is 1.